The largest absolute Gasteiger partial charge is 0.343 e. The van der Waals surface area contributed by atoms with Crippen LogP contribution in [0.5, 0.6) is 0 Å². The number of hydrogen-bond donors (Lipinski definition) is 1. The van der Waals surface area contributed by atoms with Crippen molar-refractivity contribution in [1.29, 1.82) is 0 Å². The molecule has 1 fully saturated rings. The molecule has 1 rings (SSSR count). The molecule has 1 amide bonds. The van der Waals surface area contributed by atoms with Gasteiger partial charge in [-0.1, -0.05) is 0 Å². The summed E-state index contributed by atoms with van der Waals surface area (Å²) in [6.45, 7) is 4.65. The van der Waals surface area contributed by atoms with Gasteiger partial charge in [-0.2, -0.15) is 0 Å². The minimum absolute atomic E-state index is 0.00338. The van der Waals surface area contributed by atoms with Gasteiger partial charge in [0.2, 0.25) is 5.91 Å². The third-order valence-electron chi connectivity index (χ3n) is 3.23. The van der Waals surface area contributed by atoms with Crippen molar-refractivity contribution in [3.05, 3.63) is 0 Å². The van der Waals surface area contributed by atoms with Crippen LogP contribution >= 0.6 is 0 Å². The predicted molar refractivity (Wildman–Crippen MR) is 58.1 cm³/mol. The monoisotopic (exact) mass is 216 g/mol. The number of amides is 1. The highest BCUT2D eigenvalue weighted by Crippen LogP contribution is 2.27. The Morgan fingerprint density at radius 3 is 2.67 bits per heavy atom. The first-order valence-electron chi connectivity index (χ1n) is 5.69. The van der Waals surface area contributed by atoms with E-state index in [1.165, 1.54) is 6.92 Å². The zero-order valence-corrected chi connectivity index (χ0v) is 9.58. The van der Waals surface area contributed by atoms with Crippen LogP contribution in [-0.4, -0.2) is 36.1 Å². The molecular weight excluding hydrogens is 195 g/mol. The van der Waals surface area contributed by atoms with Crippen LogP contribution in [0.1, 0.15) is 33.1 Å². The molecule has 3 unspecified atom stereocenters. The van der Waals surface area contributed by atoms with Crippen LogP contribution in [0, 0.1) is 5.92 Å². The van der Waals surface area contributed by atoms with Gasteiger partial charge in [-0.05, 0) is 26.2 Å². The summed E-state index contributed by atoms with van der Waals surface area (Å²) < 4.78 is 13.6. The van der Waals surface area contributed by atoms with Crippen molar-refractivity contribution in [1.82, 2.24) is 4.90 Å². The summed E-state index contributed by atoms with van der Waals surface area (Å²) in [4.78, 5) is 12.9. The normalized spacial score (nSPS) is 31.3. The van der Waals surface area contributed by atoms with E-state index >= 15 is 0 Å². The van der Waals surface area contributed by atoms with Gasteiger partial charge in [0.25, 0.3) is 0 Å². The summed E-state index contributed by atoms with van der Waals surface area (Å²) in [5.74, 6) is 0.00761. The highest BCUT2D eigenvalue weighted by Gasteiger charge is 2.30. The van der Waals surface area contributed by atoms with Crippen LogP contribution in [0.15, 0.2) is 0 Å². The van der Waals surface area contributed by atoms with Crippen LogP contribution < -0.4 is 5.73 Å². The van der Waals surface area contributed by atoms with Gasteiger partial charge in [0, 0.05) is 32.0 Å². The molecule has 88 valence electrons. The molecule has 1 saturated carbocycles. The van der Waals surface area contributed by atoms with E-state index in [2.05, 4.69) is 0 Å². The Hall–Kier alpha value is -0.640. The summed E-state index contributed by atoms with van der Waals surface area (Å²) >= 11 is 0. The second-order valence-electron chi connectivity index (χ2n) is 4.41. The van der Waals surface area contributed by atoms with Gasteiger partial charge in [0.15, 0.2) is 0 Å². The fraction of sp³-hybridized carbons (Fsp3) is 0.909. The molecule has 4 heteroatoms. The summed E-state index contributed by atoms with van der Waals surface area (Å²) in [7, 11) is 0. The van der Waals surface area contributed by atoms with Gasteiger partial charge in [-0.15, -0.1) is 0 Å². The minimum atomic E-state index is -0.845. The average molecular weight is 216 g/mol. The second-order valence-corrected chi connectivity index (χ2v) is 4.41. The molecule has 15 heavy (non-hydrogen) atoms. The van der Waals surface area contributed by atoms with Crippen LogP contribution in [0.2, 0.25) is 0 Å². The molecule has 3 atom stereocenters. The molecule has 1 aliphatic rings. The molecule has 2 N–H and O–H groups in total. The predicted octanol–water partition coefficient (Wildman–Crippen LogP) is 1.32. The Kier molecular flexibility index (Phi) is 4.51. The summed E-state index contributed by atoms with van der Waals surface area (Å²) in [5.41, 5.74) is 5.69. The number of rotatable bonds is 3. The van der Waals surface area contributed by atoms with Gasteiger partial charge in [0.05, 0.1) is 0 Å². The van der Waals surface area contributed by atoms with Gasteiger partial charge < -0.3 is 10.6 Å². The van der Waals surface area contributed by atoms with Crippen molar-refractivity contribution < 1.29 is 9.18 Å². The number of hydrogen-bond acceptors (Lipinski definition) is 2. The van der Waals surface area contributed by atoms with Gasteiger partial charge in [-0.3, -0.25) is 4.79 Å². The minimum Gasteiger partial charge on any atom is -0.343 e. The third-order valence-corrected chi connectivity index (χ3v) is 3.23. The molecule has 0 aromatic carbocycles. The van der Waals surface area contributed by atoms with Crippen molar-refractivity contribution >= 4 is 5.91 Å². The Morgan fingerprint density at radius 1 is 1.53 bits per heavy atom. The third kappa shape index (κ3) is 3.45. The Balaban J connectivity index is 2.46. The van der Waals surface area contributed by atoms with Gasteiger partial charge in [0.1, 0.15) is 6.17 Å². The maximum atomic E-state index is 13.6. The highest BCUT2D eigenvalue weighted by molar-refractivity contribution is 5.73. The highest BCUT2D eigenvalue weighted by atomic mass is 19.1. The van der Waals surface area contributed by atoms with Crippen LogP contribution in [0.4, 0.5) is 4.39 Å². The molecule has 3 nitrogen and oxygen atoms in total. The van der Waals surface area contributed by atoms with Crippen molar-refractivity contribution in [2.24, 2.45) is 11.7 Å². The first-order valence-corrected chi connectivity index (χ1v) is 5.69. The molecule has 0 radical (unpaired) electrons. The van der Waals surface area contributed by atoms with Crippen molar-refractivity contribution in [3.63, 3.8) is 0 Å². The van der Waals surface area contributed by atoms with E-state index in [9.17, 15) is 9.18 Å². The first-order chi connectivity index (χ1) is 7.04. The van der Waals surface area contributed by atoms with E-state index in [0.717, 1.165) is 12.8 Å². The molecule has 0 aliphatic heterocycles. The SMILES string of the molecule is CCN(CC1CCC(N)CC1F)C(C)=O. The smallest absolute Gasteiger partial charge is 0.219 e. The summed E-state index contributed by atoms with van der Waals surface area (Å²) in [6, 6.07) is 0.00338. The average Bonchev–Trinajstić information content (AvgIpc) is 2.16. The Morgan fingerprint density at radius 2 is 2.20 bits per heavy atom. The molecular formula is C11H21FN2O. The van der Waals surface area contributed by atoms with Crippen molar-refractivity contribution in [2.45, 2.75) is 45.3 Å². The Bertz CT molecular complexity index is 223. The van der Waals surface area contributed by atoms with Gasteiger partial charge in [-0.25, -0.2) is 4.39 Å². The lowest BCUT2D eigenvalue weighted by molar-refractivity contribution is -0.129. The summed E-state index contributed by atoms with van der Waals surface area (Å²) in [5, 5.41) is 0. The molecule has 0 bridgehead atoms. The lowest BCUT2D eigenvalue weighted by Gasteiger charge is -2.33. The maximum Gasteiger partial charge on any atom is 0.219 e. The van der Waals surface area contributed by atoms with Crippen LogP contribution in [0.3, 0.4) is 0 Å². The van der Waals surface area contributed by atoms with E-state index < -0.39 is 6.17 Å². The number of carbonyl (C=O) groups excluding carboxylic acids is 1. The first kappa shape index (κ1) is 12.4. The number of alkyl halides is 1. The maximum absolute atomic E-state index is 13.6. The molecule has 0 aromatic rings. The fourth-order valence-electron chi connectivity index (χ4n) is 2.18. The molecule has 0 aromatic heterocycles. The van der Waals surface area contributed by atoms with Crippen molar-refractivity contribution in [2.75, 3.05) is 13.1 Å². The van der Waals surface area contributed by atoms with E-state index in [0.29, 0.717) is 19.5 Å². The standard InChI is InChI=1S/C11H21FN2O/c1-3-14(8(2)15)7-9-4-5-10(13)6-11(9)12/h9-11H,3-7,13H2,1-2H3. The van der Waals surface area contributed by atoms with Crippen LogP contribution in [0.25, 0.3) is 0 Å². The lowest BCUT2D eigenvalue weighted by Crippen LogP contribution is -2.42. The Labute approximate surface area is 90.8 Å². The molecule has 0 saturated heterocycles. The lowest BCUT2D eigenvalue weighted by atomic mass is 9.84. The topological polar surface area (TPSA) is 46.3 Å². The van der Waals surface area contributed by atoms with E-state index in [1.54, 1.807) is 4.90 Å². The summed E-state index contributed by atoms with van der Waals surface area (Å²) in [6.07, 6.45) is 1.27. The zero-order chi connectivity index (χ0) is 11.4. The van der Waals surface area contributed by atoms with Crippen molar-refractivity contribution in [3.8, 4) is 0 Å². The quantitative estimate of drug-likeness (QED) is 0.773. The zero-order valence-electron chi connectivity index (χ0n) is 9.58. The number of carbonyl (C=O) groups is 1. The van der Waals surface area contributed by atoms with Gasteiger partial charge >= 0.3 is 0 Å². The molecule has 0 spiro atoms. The second kappa shape index (κ2) is 5.45. The molecule has 0 heterocycles. The van der Waals surface area contributed by atoms with E-state index in [-0.39, 0.29) is 17.9 Å². The molecule has 1 aliphatic carbocycles. The van der Waals surface area contributed by atoms with E-state index in [1.807, 2.05) is 6.92 Å². The van der Waals surface area contributed by atoms with E-state index in [4.69, 9.17) is 5.73 Å². The fourth-order valence-corrected chi connectivity index (χ4v) is 2.18. The number of nitrogens with zero attached hydrogens (tertiary/aromatic N) is 1. The number of halogens is 1. The number of nitrogens with two attached hydrogens (primary N) is 1. The van der Waals surface area contributed by atoms with Crippen LogP contribution in [-0.2, 0) is 4.79 Å².